The maximum absolute atomic E-state index is 3.83. The zero-order chi connectivity index (χ0) is 8.10. The van der Waals surface area contributed by atoms with Crippen LogP contribution >= 0.6 is 0 Å². The van der Waals surface area contributed by atoms with E-state index >= 15 is 0 Å². The first-order valence-corrected chi connectivity index (χ1v) is 3.87. The third-order valence-electron chi connectivity index (χ3n) is 1.60. The first-order valence-electron chi connectivity index (χ1n) is 3.87. The van der Waals surface area contributed by atoms with Crippen molar-refractivity contribution in [2.75, 3.05) is 0 Å². The molecule has 0 saturated carbocycles. The van der Waals surface area contributed by atoms with Crippen LogP contribution in [0.1, 0.15) is 18.1 Å². The summed E-state index contributed by atoms with van der Waals surface area (Å²) in [5, 5.41) is 0. The number of benzene rings is 1. The van der Waals surface area contributed by atoms with Crippen molar-refractivity contribution in [1.29, 1.82) is 0 Å². The molecule has 0 amide bonds. The molecule has 0 aliphatic carbocycles. The molecule has 0 aliphatic heterocycles. The van der Waals surface area contributed by atoms with E-state index in [-0.39, 0.29) is 0 Å². The molecule has 0 heteroatoms. The Kier molecular flexibility index (Phi) is 2.91. The van der Waals surface area contributed by atoms with E-state index in [0.29, 0.717) is 0 Å². The predicted octanol–water partition coefficient (Wildman–Crippen LogP) is 3.10. The van der Waals surface area contributed by atoms with Crippen molar-refractivity contribution in [2.24, 2.45) is 0 Å². The van der Waals surface area contributed by atoms with E-state index in [2.05, 4.69) is 37.3 Å². The highest BCUT2D eigenvalue weighted by atomic mass is 13.9. The highest BCUT2D eigenvalue weighted by Gasteiger charge is 1.88. The number of hydrogen-bond acceptors (Lipinski definition) is 0. The SMILES string of the molecule is [CH2]Cc1cccc(C=CC)c1. The highest BCUT2D eigenvalue weighted by molar-refractivity contribution is 5.49. The fourth-order valence-electron chi connectivity index (χ4n) is 1.04. The van der Waals surface area contributed by atoms with E-state index in [4.69, 9.17) is 0 Å². The van der Waals surface area contributed by atoms with Gasteiger partial charge in [-0.1, -0.05) is 36.4 Å². The van der Waals surface area contributed by atoms with Crippen LogP contribution in [-0.2, 0) is 6.42 Å². The van der Waals surface area contributed by atoms with E-state index < -0.39 is 0 Å². The maximum atomic E-state index is 3.83. The molecule has 0 bridgehead atoms. The Bertz CT molecular complexity index is 246. The fraction of sp³-hybridized carbons (Fsp3) is 0.182. The molecule has 0 atom stereocenters. The topological polar surface area (TPSA) is 0 Å². The minimum atomic E-state index is 0.866. The summed E-state index contributed by atoms with van der Waals surface area (Å²) in [4.78, 5) is 0. The van der Waals surface area contributed by atoms with Gasteiger partial charge in [-0.15, -0.1) is 0 Å². The Labute approximate surface area is 68.6 Å². The van der Waals surface area contributed by atoms with Crippen LogP contribution in [0.2, 0.25) is 0 Å². The molecule has 0 unspecified atom stereocenters. The molecule has 0 fully saturated rings. The average Bonchev–Trinajstić information content (AvgIpc) is 2.06. The molecule has 57 valence electrons. The van der Waals surface area contributed by atoms with Gasteiger partial charge >= 0.3 is 0 Å². The lowest BCUT2D eigenvalue weighted by Crippen LogP contribution is -1.79. The van der Waals surface area contributed by atoms with Crippen LogP contribution < -0.4 is 0 Å². The van der Waals surface area contributed by atoms with Gasteiger partial charge in [0.1, 0.15) is 0 Å². The van der Waals surface area contributed by atoms with Gasteiger partial charge in [0.15, 0.2) is 0 Å². The van der Waals surface area contributed by atoms with Gasteiger partial charge in [-0.3, -0.25) is 0 Å². The third-order valence-corrected chi connectivity index (χ3v) is 1.60. The summed E-state index contributed by atoms with van der Waals surface area (Å²) in [6.07, 6.45) is 5.01. The summed E-state index contributed by atoms with van der Waals surface area (Å²) >= 11 is 0. The van der Waals surface area contributed by atoms with Gasteiger partial charge in [0.2, 0.25) is 0 Å². The minimum Gasteiger partial charge on any atom is -0.0871 e. The smallest absolute Gasteiger partial charge is 0.0257 e. The second-order valence-electron chi connectivity index (χ2n) is 2.50. The lowest BCUT2D eigenvalue weighted by Gasteiger charge is -1.96. The average molecular weight is 145 g/mol. The first-order chi connectivity index (χ1) is 5.36. The molecule has 0 spiro atoms. The Morgan fingerprint density at radius 3 is 2.91 bits per heavy atom. The summed E-state index contributed by atoms with van der Waals surface area (Å²) in [5.41, 5.74) is 2.55. The van der Waals surface area contributed by atoms with Gasteiger partial charge < -0.3 is 0 Å². The molecule has 1 rings (SSSR count). The quantitative estimate of drug-likeness (QED) is 0.600. The summed E-state index contributed by atoms with van der Waals surface area (Å²) in [7, 11) is 0. The van der Waals surface area contributed by atoms with Gasteiger partial charge in [-0.05, 0) is 31.4 Å². The Hall–Kier alpha value is -1.04. The van der Waals surface area contributed by atoms with Crippen LogP contribution in [-0.4, -0.2) is 0 Å². The standard InChI is InChI=1S/C11H13/c1-3-6-11-8-5-7-10(4-2)9-11/h3,5-9H,2,4H2,1H3. The molecular formula is C11H13. The molecule has 0 aliphatic rings. The van der Waals surface area contributed by atoms with E-state index in [1.54, 1.807) is 0 Å². The van der Waals surface area contributed by atoms with Crippen LogP contribution in [0.25, 0.3) is 6.08 Å². The molecule has 1 aromatic carbocycles. The third kappa shape index (κ3) is 2.23. The van der Waals surface area contributed by atoms with Crippen molar-refractivity contribution in [3.63, 3.8) is 0 Å². The lowest BCUT2D eigenvalue weighted by molar-refractivity contribution is 1.27. The molecule has 11 heavy (non-hydrogen) atoms. The van der Waals surface area contributed by atoms with Gasteiger partial charge in [0.05, 0.1) is 0 Å². The van der Waals surface area contributed by atoms with Crippen molar-refractivity contribution < 1.29 is 0 Å². The van der Waals surface area contributed by atoms with Gasteiger partial charge in [-0.25, -0.2) is 0 Å². The second kappa shape index (κ2) is 3.97. The molecule has 0 aromatic heterocycles. The molecular weight excluding hydrogens is 132 g/mol. The molecule has 0 nitrogen and oxygen atoms in total. The molecule has 0 heterocycles. The monoisotopic (exact) mass is 145 g/mol. The normalized spacial score (nSPS) is 10.7. The van der Waals surface area contributed by atoms with Gasteiger partial charge in [0, 0.05) is 0 Å². The Morgan fingerprint density at radius 2 is 2.27 bits per heavy atom. The molecule has 0 N–H and O–H groups in total. The number of rotatable bonds is 2. The summed E-state index contributed by atoms with van der Waals surface area (Å²) < 4.78 is 0. The Morgan fingerprint density at radius 1 is 1.45 bits per heavy atom. The van der Waals surface area contributed by atoms with Crippen LogP contribution in [0, 0.1) is 6.92 Å². The Balaban J connectivity index is 2.91. The maximum Gasteiger partial charge on any atom is -0.0257 e. The summed E-state index contributed by atoms with van der Waals surface area (Å²) in [5.74, 6) is 0. The van der Waals surface area contributed by atoms with Crippen molar-refractivity contribution in [3.8, 4) is 0 Å². The van der Waals surface area contributed by atoms with Crippen molar-refractivity contribution >= 4 is 6.08 Å². The van der Waals surface area contributed by atoms with E-state index in [0.717, 1.165) is 6.42 Å². The molecule has 1 radical (unpaired) electrons. The van der Waals surface area contributed by atoms with Crippen LogP contribution in [0.4, 0.5) is 0 Å². The number of hydrogen-bond donors (Lipinski definition) is 0. The van der Waals surface area contributed by atoms with E-state index in [1.165, 1.54) is 11.1 Å². The second-order valence-corrected chi connectivity index (χ2v) is 2.50. The van der Waals surface area contributed by atoms with Crippen LogP contribution in [0.3, 0.4) is 0 Å². The van der Waals surface area contributed by atoms with Crippen molar-refractivity contribution in [3.05, 3.63) is 48.4 Å². The zero-order valence-electron chi connectivity index (χ0n) is 6.88. The minimum absolute atomic E-state index is 0.866. The van der Waals surface area contributed by atoms with Crippen LogP contribution in [0.15, 0.2) is 30.3 Å². The van der Waals surface area contributed by atoms with Gasteiger partial charge in [0.25, 0.3) is 0 Å². The predicted molar refractivity (Wildman–Crippen MR) is 50.2 cm³/mol. The van der Waals surface area contributed by atoms with Crippen LogP contribution in [0.5, 0.6) is 0 Å². The largest absolute Gasteiger partial charge is 0.0871 e. The van der Waals surface area contributed by atoms with Crippen molar-refractivity contribution in [1.82, 2.24) is 0 Å². The fourth-order valence-corrected chi connectivity index (χ4v) is 1.04. The van der Waals surface area contributed by atoms with Gasteiger partial charge in [-0.2, -0.15) is 0 Å². The number of allylic oxidation sites excluding steroid dienone is 1. The highest BCUT2D eigenvalue weighted by Crippen LogP contribution is 2.06. The summed E-state index contributed by atoms with van der Waals surface area (Å²) in [6, 6.07) is 8.42. The lowest BCUT2D eigenvalue weighted by atomic mass is 10.1. The van der Waals surface area contributed by atoms with E-state index in [1.807, 2.05) is 13.0 Å². The first kappa shape index (κ1) is 8.06. The van der Waals surface area contributed by atoms with Crippen molar-refractivity contribution in [2.45, 2.75) is 13.3 Å². The summed E-state index contributed by atoms with van der Waals surface area (Å²) in [6.45, 7) is 5.86. The molecule has 1 aromatic rings. The molecule has 0 saturated heterocycles. The zero-order valence-corrected chi connectivity index (χ0v) is 6.88. The van der Waals surface area contributed by atoms with E-state index in [9.17, 15) is 0 Å².